The number of carbonyl (C=O) groups excluding carboxylic acids is 1. The van der Waals surface area contributed by atoms with Crippen molar-refractivity contribution < 1.29 is 13.9 Å². The highest BCUT2D eigenvalue weighted by Gasteiger charge is 2.28. The smallest absolute Gasteiger partial charge is 0.244 e. The molecule has 26 heavy (non-hydrogen) atoms. The Morgan fingerprint density at radius 1 is 1.04 bits per heavy atom. The van der Waals surface area contributed by atoms with Crippen LogP contribution in [0.1, 0.15) is 25.5 Å². The predicted molar refractivity (Wildman–Crippen MR) is 102 cm³/mol. The van der Waals surface area contributed by atoms with Crippen molar-refractivity contribution in [3.05, 3.63) is 66.0 Å². The summed E-state index contributed by atoms with van der Waals surface area (Å²) in [7, 11) is 1.92. The van der Waals surface area contributed by atoms with E-state index in [1.807, 2.05) is 61.0 Å². The van der Waals surface area contributed by atoms with E-state index in [4.69, 9.17) is 4.74 Å². The van der Waals surface area contributed by atoms with Crippen molar-refractivity contribution in [1.82, 2.24) is 9.80 Å². The van der Waals surface area contributed by atoms with Crippen LogP contribution in [0.25, 0.3) is 0 Å². The minimum Gasteiger partial charge on any atom is -0.492 e. The van der Waals surface area contributed by atoms with Gasteiger partial charge in [-0.25, -0.2) is 4.39 Å². The quantitative estimate of drug-likeness (QED) is 0.684. The lowest BCUT2D eigenvalue weighted by atomic mass is 10.0. The molecular formula is C21H27FN2O2. The van der Waals surface area contributed by atoms with Crippen LogP contribution in [0.15, 0.2) is 54.6 Å². The van der Waals surface area contributed by atoms with Gasteiger partial charge in [-0.3, -0.25) is 9.69 Å². The number of rotatable bonds is 9. The lowest BCUT2D eigenvalue weighted by Gasteiger charge is -2.32. The fourth-order valence-corrected chi connectivity index (χ4v) is 2.90. The Hall–Kier alpha value is -2.40. The van der Waals surface area contributed by atoms with Gasteiger partial charge in [0.05, 0.1) is 0 Å². The van der Waals surface area contributed by atoms with Crippen molar-refractivity contribution in [1.29, 1.82) is 0 Å². The minimum atomic E-state index is -0.354. The summed E-state index contributed by atoms with van der Waals surface area (Å²) in [4.78, 5) is 16.9. The lowest BCUT2D eigenvalue weighted by molar-refractivity contribution is -0.136. The van der Waals surface area contributed by atoms with Crippen LogP contribution >= 0.6 is 0 Å². The van der Waals surface area contributed by atoms with E-state index in [1.54, 1.807) is 12.1 Å². The van der Waals surface area contributed by atoms with E-state index in [2.05, 4.69) is 0 Å². The van der Waals surface area contributed by atoms with Gasteiger partial charge in [-0.05, 0) is 50.7 Å². The average molecular weight is 358 g/mol. The second-order valence-corrected chi connectivity index (χ2v) is 6.11. The molecule has 0 N–H and O–H groups in total. The van der Waals surface area contributed by atoms with Gasteiger partial charge >= 0.3 is 0 Å². The van der Waals surface area contributed by atoms with Crippen molar-refractivity contribution in [2.45, 2.75) is 19.9 Å². The molecule has 0 fully saturated rings. The van der Waals surface area contributed by atoms with Crippen molar-refractivity contribution in [2.75, 3.05) is 33.3 Å². The molecule has 0 aliphatic rings. The van der Waals surface area contributed by atoms with Crippen LogP contribution < -0.4 is 4.74 Å². The molecule has 140 valence electrons. The number of hydrogen-bond donors (Lipinski definition) is 0. The summed E-state index contributed by atoms with van der Waals surface area (Å²) >= 11 is 0. The average Bonchev–Trinajstić information content (AvgIpc) is 2.65. The first-order chi connectivity index (χ1) is 12.6. The Labute approximate surface area is 155 Å². The first-order valence-corrected chi connectivity index (χ1v) is 8.99. The molecule has 1 unspecified atom stereocenters. The van der Waals surface area contributed by atoms with Crippen molar-refractivity contribution in [3.63, 3.8) is 0 Å². The van der Waals surface area contributed by atoms with Gasteiger partial charge in [0.2, 0.25) is 5.91 Å². The van der Waals surface area contributed by atoms with Gasteiger partial charge in [-0.2, -0.15) is 0 Å². The van der Waals surface area contributed by atoms with Gasteiger partial charge in [-0.15, -0.1) is 0 Å². The summed E-state index contributed by atoms with van der Waals surface area (Å²) in [5.74, 6) is 0.417. The summed E-state index contributed by atoms with van der Waals surface area (Å²) in [6, 6.07) is 15.4. The van der Waals surface area contributed by atoms with Crippen LogP contribution in [0.4, 0.5) is 4.39 Å². The van der Waals surface area contributed by atoms with E-state index in [9.17, 15) is 9.18 Å². The highest BCUT2D eigenvalue weighted by Crippen LogP contribution is 2.22. The third kappa shape index (κ3) is 5.30. The Morgan fingerprint density at radius 2 is 1.65 bits per heavy atom. The second kappa shape index (κ2) is 9.92. The summed E-state index contributed by atoms with van der Waals surface area (Å²) in [5.41, 5.74) is 0.966. The fourth-order valence-electron chi connectivity index (χ4n) is 2.90. The summed E-state index contributed by atoms with van der Waals surface area (Å²) in [6.45, 7) is 6.32. The van der Waals surface area contributed by atoms with Crippen LogP contribution in [-0.4, -0.2) is 49.0 Å². The maximum atomic E-state index is 13.0. The Morgan fingerprint density at radius 3 is 2.23 bits per heavy atom. The molecule has 2 rings (SSSR count). The third-order valence-electron chi connectivity index (χ3n) is 4.39. The molecule has 0 saturated carbocycles. The first-order valence-electron chi connectivity index (χ1n) is 8.99. The fraction of sp³-hybridized carbons (Fsp3) is 0.381. The number of nitrogens with zero attached hydrogens (tertiary/aromatic N) is 2. The van der Waals surface area contributed by atoms with E-state index < -0.39 is 0 Å². The van der Waals surface area contributed by atoms with E-state index in [1.165, 1.54) is 12.1 Å². The molecular weight excluding hydrogens is 331 g/mol. The van der Waals surface area contributed by atoms with Gasteiger partial charge in [0.15, 0.2) is 0 Å². The van der Waals surface area contributed by atoms with E-state index in [-0.39, 0.29) is 17.8 Å². The normalized spacial score (nSPS) is 12.0. The first kappa shape index (κ1) is 19.9. The molecule has 0 aromatic heterocycles. The summed E-state index contributed by atoms with van der Waals surface area (Å²) in [5, 5.41) is 0. The zero-order valence-electron chi connectivity index (χ0n) is 15.7. The van der Waals surface area contributed by atoms with E-state index in [0.717, 1.165) is 5.56 Å². The molecule has 1 atom stereocenters. The number of amides is 1. The molecule has 2 aromatic rings. The molecule has 1 amide bonds. The SMILES string of the molecule is CCN(CC)C(=O)C(c1ccccc1)N(C)CCOc1ccc(F)cc1. The van der Waals surface area contributed by atoms with Gasteiger partial charge in [0.1, 0.15) is 24.2 Å². The zero-order chi connectivity index (χ0) is 18.9. The number of likely N-dealkylation sites (N-methyl/N-ethyl adjacent to an activating group) is 2. The van der Waals surface area contributed by atoms with Crippen molar-refractivity contribution >= 4 is 5.91 Å². The summed E-state index contributed by atoms with van der Waals surface area (Å²) < 4.78 is 18.6. The van der Waals surface area contributed by atoms with Crippen LogP contribution in [-0.2, 0) is 4.79 Å². The molecule has 2 aromatic carbocycles. The maximum absolute atomic E-state index is 13.0. The number of carbonyl (C=O) groups is 1. The Balaban J connectivity index is 2.06. The van der Waals surface area contributed by atoms with E-state index >= 15 is 0 Å². The van der Waals surface area contributed by atoms with Crippen molar-refractivity contribution in [3.8, 4) is 5.75 Å². The minimum absolute atomic E-state index is 0.0884. The van der Waals surface area contributed by atoms with E-state index in [0.29, 0.717) is 32.0 Å². The third-order valence-corrected chi connectivity index (χ3v) is 4.39. The molecule has 0 saturated heterocycles. The highest BCUT2D eigenvalue weighted by atomic mass is 19.1. The molecule has 0 spiro atoms. The van der Waals surface area contributed by atoms with Crippen molar-refractivity contribution in [2.24, 2.45) is 0 Å². The maximum Gasteiger partial charge on any atom is 0.244 e. The van der Waals surface area contributed by atoms with Gasteiger partial charge < -0.3 is 9.64 Å². The molecule has 0 aliphatic heterocycles. The molecule has 0 heterocycles. The van der Waals surface area contributed by atoms with Crippen LogP contribution in [0.3, 0.4) is 0 Å². The number of halogens is 1. The van der Waals surface area contributed by atoms with Gasteiger partial charge in [-0.1, -0.05) is 30.3 Å². The molecule has 0 radical (unpaired) electrons. The molecule has 0 aliphatic carbocycles. The second-order valence-electron chi connectivity index (χ2n) is 6.11. The topological polar surface area (TPSA) is 32.8 Å². The predicted octanol–water partition coefficient (Wildman–Crippen LogP) is 3.75. The number of ether oxygens (including phenoxy) is 1. The highest BCUT2D eigenvalue weighted by molar-refractivity contribution is 5.83. The summed E-state index contributed by atoms with van der Waals surface area (Å²) in [6.07, 6.45) is 0. The number of benzene rings is 2. The monoisotopic (exact) mass is 358 g/mol. The largest absolute Gasteiger partial charge is 0.492 e. The standard InChI is InChI=1S/C21H27FN2O2/c1-4-24(5-2)21(25)20(17-9-7-6-8-10-17)23(3)15-16-26-19-13-11-18(22)12-14-19/h6-14,20H,4-5,15-16H2,1-3H3. The Bertz CT molecular complexity index is 672. The van der Waals surface area contributed by atoms with Crippen LogP contribution in [0.5, 0.6) is 5.75 Å². The Kier molecular flexibility index (Phi) is 7.60. The van der Waals surface area contributed by atoms with Crippen LogP contribution in [0.2, 0.25) is 0 Å². The molecule has 5 heteroatoms. The van der Waals surface area contributed by atoms with Gasteiger partial charge in [0, 0.05) is 19.6 Å². The zero-order valence-corrected chi connectivity index (χ0v) is 15.7. The molecule has 4 nitrogen and oxygen atoms in total. The number of hydrogen-bond acceptors (Lipinski definition) is 3. The van der Waals surface area contributed by atoms with Gasteiger partial charge in [0.25, 0.3) is 0 Å². The molecule has 0 bridgehead atoms. The van der Waals surface area contributed by atoms with Crippen LogP contribution in [0, 0.1) is 5.82 Å². The lowest BCUT2D eigenvalue weighted by Crippen LogP contribution is -2.42.